The van der Waals surface area contributed by atoms with Gasteiger partial charge in [0.1, 0.15) is 17.5 Å². The number of aryl methyl sites for hydroxylation is 1. The van der Waals surface area contributed by atoms with Gasteiger partial charge in [-0.1, -0.05) is 30.3 Å². The normalized spacial score (nSPS) is 16.7. The number of amides is 4. The number of fused-ring (bicyclic) bond motifs is 1. The van der Waals surface area contributed by atoms with Gasteiger partial charge in [0.2, 0.25) is 11.8 Å². The number of methoxy groups -OCH3 is 1. The molecule has 0 aliphatic carbocycles. The molecular formula is C28H26N4O6. The van der Waals surface area contributed by atoms with Crippen LogP contribution in [0.25, 0.3) is 11.3 Å². The summed E-state index contributed by atoms with van der Waals surface area (Å²) < 4.78 is 11.1. The van der Waals surface area contributed by atoms with E-state index >= 15 is 0 Å². The molecule has 0 bridgehead atoms. The van der Waals surface area contributed by atoms with Crippen LogP contribution >= 0.6 is 0 Å². The molecule has 0 radical (unpaired) electrons. The van der Waals surface area contributed by atoms with Crippen LogP contribution in [0, 0.1) is 6.92 Å². The second-order valence-electron chi connectivity index (χ2n) is 9.20. The number of rotatable bonds is 5. The van der Waals surface area contributed by atoms with E-state index in [1.165, 1.54) is 29.0 Å². The van der Waals surface area contributed by atoms with E-state index in [2.05, 4.69) is 10.3 Å². The standard InChI is InChI=1S/C28H26N4O6/c1-16-11-18(14-29-25(16)17-7-5-4-6-8-17)31(2)28(36)38-19-12-20-21(23(13-19)37-3)15-32(27(20)35)22-9-10-24(33)30-26(22)34/h4-8,11-14,22H,9-10,15H2,1-3H3,(H,30,33,34). The lowest BCUT2D eigenvalue weighted by atomic mass is 10.0. The number of anilines is 1. The first-order chi connectivity index (χ1) is 18.3. The predicted octanol–water partition coefficient (Wildman–Crippen LogP) is 3.46. The molecule has 38 heavy (non-hydrogen) atoms. The molecular weight excluding hydrogens is 488 g/mol. The van der Waals surface area contributed by atoms with E-state index in [9.17, 15) is 19.2 Å². The maximum Gasteiger partial charge on any atom is 0.419 e. The van der Waals surface area contributed by atoms with Crippen LogP contribution in [-0.2, 0) is 16.1 Å². The molecule has 4 amide bonds. The van der Waals surface area contributed by atoms with E-state index in [1.807, 2.05) is 43.3 Å². The predicted molar refractivity (Wildman–Crippen MR) is 138 cm³/mol. The summed E-state index contributed by atoms with van der Waals surface area (Å²) in [6.45, 7) is 2.07. The molecule has 1 N–H and O–H groups in total. The molecule has 5 rings (SSSR count). The Morgan fingerprint density at radius 3 is 2.58 bits per heavy atom. The van der Waals surface area contributed by atoms with Gasteiger partial charge in [-0.15, -0.1) is 0 Å². The Labute approximate surface area is 219 Å². The fourth-order valence-electron chi connectivity index (χ4n) is 4.76. The van der Waals surface area contributed by atoms with Crippen LogP contribution in [0.5, 0.6) is 11.5 Å². The average molecular weight is 515 g/mol. The third-order valence-corrected chi connectivity index (χ3v) is 6.79. The molecule has 2 aromatic carbocycles. The SMILES string of the molecule is COc1cc(OC(=O)N(C)c2cnc(-c3ccccc3)c(C)c2)cc2c1CN(C1CCC(=O)NC1=O)C2=O. The number of aromatic nitrogens is 1. The topological polar surface area (TPSA) is 118 Å². The van der Waals surface area contributed by atoms with Gasteiger partial charge in [-0.05, 0) is 31.0 Å². The molecule has 3 heterocycles. The van der Waals surface area contributed by atoms with E-state index in [0.717, 1.165) is 16.8 Å². The molecule has 1 aromatic heterocycles. The number of nitrogens with one attached hydrogen (secondary N) is 1. The molecule has 0 spiro atoms. The molecule has 1 fully saturated rings. The third-order valence-electron chi connectivity index (χ3n) is 6.79. The highest BCUT2D eigenvalue weighted by Gasteiger charge is 2.40. The molecule has 2 aliphatic heterocycles. The zero-order valence-corrected chi connectivity index (χ0v) is 21.2. The van der Waals surface area contributed by atoms with E-state index in [0.29, 0.717) is 17.0 Å². The number of hydrogen-bond acceptors (Lipinski definition) is 7. The number of carbonyl (C=O) groups excluding carboxylic acids is 4. The molecule has 10 nitrogen and oxygen atoms in total. The fourth-order valence-corrected chi connectivity index (χ4v) is 4.76. The van der Waals surface area contributed by atoms with Crippen molar-refractivity contribution in [3.05, 3.63) is 71.4 Å². The molecule has 10 heteroatoms. The second kappa shape index (κ2) is 9.97. The Balaban J connectivity index is 1.35. The number of benzene rings is 2. The first kappa shape index (κ1) is 24.9. The average Bonchev–Trinajstić information content (AvgIpc) is 3.24. The Bertz CT molecular complexity index is 1460. The summed E-state index contributed by atoms with van der Waals surface area (Å²) in [6, 6.07) is 13.8. The maximum atomic E-state index is 13.2. The number of carbonyl (C=O) groups is 4. The molecule has 3 aromatic rings. The molecule has 1 atom stereocenters. The van der Waals surface area contributed by atoms with Crippen LogP contribution in [0.2, 0.25) is 0 Å². The zero-order valence-electron chi connectivity index (χ0n) is 21.2. The smallest absolute Gasteiger partial charge is 0.419 e. The summed E-state index contributed by atoms with van der Waals surface area (Å²) in [6.07, 6.45) is 1.33. The van der Waals surface area contributed by atoms with Crippen LogP contribution in [0.1, 0.15) is 34.3 Å². The molecule has 1 saturated heterocycles. The van der Waals surface area contributed by atoms with Crippen molar-refractivity contribution in [2.45, 2.75) is 32.4 Å². The van der Waals surface area contributed by atoms with Crippen LogP contribution in [0.3, 0.4) is 0 Å². The highest BCUT2D eigenvalue weighted by Crippen LogP contribution is 2.37. The first-order valence-corrected chi connectivity index (χ1v) is 12.1. The van der Waals surface area contributed by atoms with Crippen LogP contribution in [0.15, 0.2) is 54.7 Å². The molecule has 2 aliphatic rings. The fraction of sp³-hybridized carbons (Fsp3) is 0.250. The Morgan fingerprint density at radius 2 is 1.89 bits per heavy atom. The van der Waals surface area contributed by atoms with Crippen molar-refractivity contribution in [3.63, 3.8) is 0 Å². The van der Waals surface area contributed by atoms with Crippen molar-refractivity contribution in [3.8, 4) is 22.8 Å². The quantitative estimate of drug-likeness (QED) is 0.518. The van der Waals surface area contributed by atoms with Gasteiger partial charge in [0.25, 0.3) is 5.91 Å². The minimum atomic E-state index is -0.760. The minimum absolute atomic E-state index is 0.126. The molecule has 1 unspecified atom stereocenters. The summed E-state index contributed by atoms with van der Waals surface area (Å²) >= 11 is 0. The van der Waals surface area contributed by atoms with Crippen LogP contribution in [0.4, 0.5) is 10.5 Å². The van der Waals surface area contributed by atoms with Gasteiger partial charge in [0, 0.05) is 30.7 Å². The van der Waals surface area contributed by atoms with Crippen molar-refractivity contribution in [2.75, 3.05) is 19.1 Å². The lowest BCUT2D eigenvalue weighted by Gasteiger charge is -2.29. The monoisotopic (exact) mass is 514 g/mol. The van der Waals surface area contributed by atoms with Crippen molar-refractivity contribution in [2.24, 2.45) is 0 Å². The highest BCUT2D eigenvalue weighted by molar-refractivity contribution is 6.06. The second-order valence-corrected chi connectivity index (χ2v) is 9.20. The van der Waals surface area contributed by atoms with Crippen LogP contribution in [-0.4, -0.2) is 53.9 Å². The number of piperidine rings is 1. The molecule has 194 valence electrons. The number of hydrogen-bond donors (Lipinski definition) is 1. The van der Waals surface area contributed by atoms with E-state index in [4.69, 9.17) is 9.47 Å². The van der Waals surface area contributed by atoms with E-state index < -0.39 is 23.9 Å². The summed E-state index contributed by atoms with van der Waals surface area (Å²) in [5.74, 6) is -0.763. The van der Waals surface area contributed by atoms with Gasteiger partial charge in [-0.3, -0.25) is 29.6 Å². The number of ether oxygens (including phenoxy) is 2. The minimum Gasteiger partial charge on any atom is -0.496 e. The first-order valence-electron chi connectivity index (χ1n) is 12.1. The number of imide groups is 1. The summed E-state index contributed by atoms with van der Waals surface area (Å²) in [4.78, 5) is 57.4. The summed E-state index contributed by atoms with van der Waals surface area (Å²) in [5.41, 5.74) is 4.10. The van der Waals surface area contributed by atoms with Gasteiger partial charge in [-0.2, -0.15) is 0 Å². The van der Waals surface area contributed by atoms with Crippen molar-refractivity contribution in [1.82, 2.24) is 15.2 Å². The Kier molecular flexibility index (Phi) is 6.54. The van der Waals surface area contributed by atoms with Gasteiger partial charge >= 0.3 is 6.09 Å². The lowest BCUT2D eigenvalue weighted by Crippen LogP contribution is -2.52. The van der Waals surface area contributed by atoms with E-state index in [1.54, 1.807) is 13.2 Å². The Hall–Kier alpha value is -4.73. The zero-order chi connectivity index (χ0) is 27.0. The largest absolute Gasteiger partial charge is 0.496 e. The van der Waals surface area contributed by atoms with Gasteiger partial charge in [0.05, 0.1) is 36.8 Å². The number of nitrogens with zero attached hydrogens (tertiary/aromatic N) is 3. The van der Waals surface area contributed by atoms with E-state index in [-0.39, 0.29) is 36.6 Å². The van der Waals surface area contributed by atoms with Gasteiger partial charge in [0.15, 0.2) is 0 Å². The summed E-state index contributed by atoms with van der Waals surface area (Å²) in [7, 11) is 3.02. The summed E-state index contributed by atoms with van der Waals surface area (Å²) in [5, 5.41) is 2.28. The van der Waals surface area contributed by atoms with Crippen molar-refractivity contribution < 1.29 is 28.7 Å². The van der Waals surface area contributed by atoms with Gasteiger partial charge < -0.3 is 14.4 Å². The van der Waals surface area contributed by atoms with Gasteiger partial charge in [-0.25, -0.2) is 4.79 Å². The van der Waals surface area contributed by atoms with Crippen LogP contribution < -0.4 is 19.7 Å². The lowest BCUT2D eigenvalue weighted by molar-refractivity contribution is -0.136. The van der Waals surface area contributed by atoms with Crippen molar-refractivity contribution in [1.29, 1.82) is 0 Å². The highest BCUT2D eigenvalue weighted by atomic mass is 16.6. The maximum absolute atomic E-state index is 13.2. The van der Waals surface area contributed by atoms with Crippen molar-refractivity contribution >= 4 is 29.5 Å². The number of pyridine rings is 1. The molecule has 0 saturated carbocycles. The Morgan fingerprint density at radius 1 is 1.13 bits per heavy atom. The third kappa shape index (κ3) is 4.56.